The molecule has 132 valence electrons. The van der Waals surface area contributed by atoms with E-state index in [0.29, 0.717) is 5.91 Å². The molecule has 3 rings (SSSR count). The second kappa shape index (κ2) is 8.15. The number of rotatable bonds is 3. The molecular weight excluding hydrogens is 296 g/mol. The first-order valence-electron chi connectivity index (χ1n) is 9.70. The fraction of sp³-hybridized carbons (Fsp3) is 0.667. The van der Waals surface area contributed by atoms with Gasteiger partial charge in [-0.25, -0.2) is 0 Å². The van der Waals surface area contributed by atoms with Crippen LogP contribution >= 0.6 is 0 Å². The van der Waals surface area contributed by atoms with Crippen molar-refractivity contribution in [3.05, 3.63) is 34.9 Å². The average molecular weight is 329 g/mol. The van der Waals surface area contributed by atoms with Gasteiger partial charge in [0, 0.05) is 25.6 Å². The fourth-order valence-electron chi connectivity index (χ4n) is 4.31. The third-order valence-electron chi connectivity index (χ3n) is 5.54. The van der Waals surface area contributed by atoms with E-state index in [4.69, 9.17) is 0 Å². The smallest absolute Gasteiger partial charge is 0.225 e. The van der Waals surface area contributed by atoms with E-state index in [9.17, 15) is 4.79 Å². The first-order chi connectivity index (χ1) is 11.6. The van der Waals surface area contributed by atoms with Gasteiger partial charge >= 0.3 is 0 Å². The van der Waals surface area contributed by atoms with E-state index in [1.165, 1.54) is 42.4 Å². The summed E-state index contributed by atoms with van der Waals surface area (Å²) >= 11 is 0. The van der Waals surface area contributed by atoms with Gasteiger partial charge in [0.1, 0.15) is 0 Å². The van der Waals surface area contributed by atoms with Crippen LogP contribution in [-0.2, 0) is 11.3 Å². The van der Waals surface area contributed by atoms with Crippen molar-refractivity contribution >= 4 is 5.91 Å². The molecule has 0 unspecified atom stereocenters. The van der Waals surface area contributed by atoms with Gasteiger partial charge in [-0.2, -0.15) is 0 Å². The van der Waals surface area contributed by atoms with Crippen molar-refractivity contribution in [2.45, 2.75) is 58.9 Å². The molecule has 0 spiro atoms. The van der Waals surface area contributed by atoms with Crippen LogP contribution in [0, 0.1) is 19.8 Å². The molecule has 1 aromatic carbocycles. The Morgan fingerprint density at radius 3 is 2.08 bits per heavy atom. The molecule has 0 radical (unpaired) electrons. The molecule has 2 aliphatic rings. The molecule has 24 heavy (non-hydrogen) atoms. The molecule has 1 aromatic rings. The van der Waals surface area contributed by atoms with E-state index in [1.807, 2.05) is 0 Å². The van der Waals surface area contributed by atoms with Gasteiger partial charge < -0.3 is 4.90 Å². The first kappa shape index (κ1) is 17.5. The number of likely N-dealkylation sites (tertiary alicyclic amines) is 2. The molecule has 1 amide bonds. The summed E-state index contributed by atoms with van der Waals surface area (Å²) in [6.45, 7) is 9.44. The van der Waals surface area contributed by atoms with Crippen LogP contribution in [0.2, 0.25) is 0 Å². The number of benzene rings is 1. The van der Waals surface area contributed by atoms with Crippen molar-refractivity contribution in [2.75, 3.05) is 26.2 Å². The highest BCUT2D eigenvalue weighted by atomic mass is 16.2. The summed E-state index contributed by atoms with van der Waals surface area (Å²) in [6.07, 6.45) is 7.02. The zero-order valence-corrected chi connectivity index (χ0v) is 15.4. The predicted molar refractivity (Wildman–Crippen MR) is 99.0 cm³/mol. The van der Waals surface area contributed by atoms with Crippen molar-refractivity contribution < 1.29 is 4.79 Å². The van der Waals surface area contributed by atoms with E-state index in [1.54, 1.807) is 0 Å². The Balaban J connectivity index is 1.50. The molecular formula is C21H32N2O. The van der Waals surface area contributed by atoms with Gasteiger partial charge in [-0.15, -0.1) is 0 Å². The van der Waals surface area contributed by atoms with Gasteiger partial charge in [0.2, 0.25) is 5.91 Å². The lowest BCUT2D eigenvalue weighted by Gasteiger charge is -2.34. The average Bonchev–Trinajstić information content (AvgIpc) is 2.83. The summed E-state index contributed by atoms with van der Waals surface area (Å²) in [5.41, 5.74) is 4.09. The SMILES string of the molecule is Cc1cc(C)cc(CN2CCC(C(=O)N3CCCCCC3)CC2)c1. The molecule has 0 N–H and O–H groups in total. The van der Waals surface area contributed by atoms with E-state index in [0.717, 1.165) is 45.6 Å². The highest BCUT2D eigenvalue weighted by Gasteiger charge is 2.28. The monoisotopic (exact) mass is 328 g/mol. The Morgan fingerprint density at radius 1 is 0.917 bits per heavy atom. The summed E-state index contributed by atoms with van der Waals surface area (Å²) < 4.78 is 0. The zero-order valence-electron chi connectivity index (χ0n) is 15.4. The summed E-state index contributed by atoms with van der Waals surface area (Å²) in [7, 11) is 0. The maximum absolute atomic E-state index is 12.8. The molecule has 0 aliphatic carbocycles. The number of hydrogen-bond donors (Lipinski definition) is 0. The van der Waals surface area contributed by atoms with Crippen molar-refractivity contribution in [1.29, 1.82) is 0 Å². The predicted octanol–water partition coefficient (Wildman–Crippen LogP) is 3.92. The van der Waals surface area contributed by atoms with Gasteiger partial charge in [-0.1, -0.05) is 42.2 Å². The summed E-state index contributed by atoms with van der Waals surface area (Å²) in [6, 6.07) is 6.82. The molecule has 0 bridgehead atoms. The molecule has 0 aromatic heterocycles. The topological polar surface area (TPSA) is 23.6 Å². The standard InChI is InChI=1S/C21H32N2O/c1-17-13-18(2)15-19(14-17)16-22-11-7-20(8-12-22)21(24)23-9-5-3-4-6-10-23/h13-15,20H,3-12,16H2,1-2H3. The van der Waals surface area contributed by atoms with Gasteiger partial charge in [0.25, 0.3) is 0 Å². The summed E-state index contributed by atoms with van der Waals surface area (Å²) in [4.78, 5) is 17.4. The minimum atomic E-state index is 0.263. The van der Waals surface area contributed by atoms with Crippen LogP contribution in [0.25, 0.3) is 0 Å². The molecule has 2 saturated heterocycles. The lowest BCUT2D eigenvalue weighted by atomic mass is 9.94. The third-order valence-corrected chi connectivity index (χ3v) is 5.54. The van der Waals surface area contributed by atoms with Crippen LogP contribution < -0.4 is 0 Å². The second-order valence-electron chi connectivity index (χ2n) is 7.79. The van der Waals surface area contributed by atoms with Crippen LogP contribution in [0.3, 0.4) is 0 Å². The lowest BCUT2D eigenvalue weighted by Crippen LogP contribution is -2.42. The van der Waals surface area contributed by atoms with Gasteiger partial charge in [0.05, 0.1) is 0 Å². The van der Waals surface area contributed by atoms with Crippen molar-refractivity contribution in [2.24, 2.45) is 5.92 Å². The van der Waals surface area contributed by atoms with Crippen LogP contribution in [0.4, 0.5) is 0 Å². The molecule has 3 heteroatoms. The van der Waals surface area contributed by atoms with Crippen LogP contribution in [0.15, 0.2) is 18.2 Å². The number of piperidine rings is 1. The van der Waals surface area contributed by atoms with E-state index in [-0.39, 0.29) is 5.92 Å². The second-order valence-corrected chi connectivity index (χ2v) is 7.79. The molecule has 2 aliphatic heterocycles. The quantitative estimate of drug-likeness (QED) is 0.839. The van der Waals surface area contributed by atoms with Crippen LogP contribution in [0.1, 0.15) is 55.2 Å². The first-order valence-corrected chi connectivity index (χ1v) is 9.70. The number of carbonyl (C=O) groups excluding carboxylic acids is 1. The number of amides is 1. The Hall–Kier alpha value is -1.35. The minimum Gasteiger partial charge on any atom is -0.342 e. The highest BCUT2D eigenvalue weighted by molar-refractivity contribution is 5.79. The van der Waals surface area contributed by atoms with E-state index in [2.05, 4.69) is 41.8 Å². The van der Waals surface area contributed by atoms with E-state index >= 15 is 0 Å². The number of carbonyl (C=O) groups is 1. The molecule has 2 heterocycles. The Morgan fingerprint density at radius 2 is 1.50 bits per heavy atom. The number of aryl methyl sites for hydroxylation is 2. The minimum absolute atomic E-state index is 0.263. The summed E-state index contributed by atoms with van der Waals surface area (Å²) in [5.74, 6) is 0.696. The third kappa shape index (κ3) is 4.60. The zero-order chi connectivity index (χ0) is 16.9. The molecule has 0 saturated carbocycles. The largest absolute Gasteiger partial charge is 0.342 e. The Kier molecular flexibility index (Phi) is 5.94. The molecule has 3 nitrogen and oxygen atoms in total. The molecule has 0 atom stereocenters. The Bertz CT molecular complexity index is 533. The maximum atomic E-state index is 12.8. The van der Waals surface area contributed by atoms with Crippen molar-refractivity contribution in [3.63, 3.8) is 0 Å². The van der Waals surface area contributed by atoms with Crippen molar-refractivity contribution in [3.8, 4) is 0 Å². The van der Waals surface area contributed by atoms with Gasteiger partial charge in [0.15, 0.2) is 0 Å². The number of nitrogens with zero attached hydrogens (tertiary/aromatic N) is 2. The van der Waals surface area contributed by atoms with Crippen LogP contribution in [0.5, 0.6) is 0 Å². The van der Waals surface area contributed by atoms with Gasteiger partial charge in [-0.3, -0.25) is 9.69 Å². The lowest BCUT2D eigenvalue weighted by molar-refractivity contribution is -0.137. The van der Waals surface area contributed by atoms with Crippen molar-refractivity contribution in [1.82, 2.24) is 9.80 Å². The Labute approximate surface area is 147 Å². The number of hydrogen-bond acceptors (Lipinski definition) is 2. The highest BCUT2D eigenvalue weighted by Crippen LogP contribution is 2.23. The maximum Gasteiger partial charge on any atom is 0.225 e. The fourth-order valence-corrected chi connectivity index (χ4v) is 4.31. The van der Waals surface area contributed by atoms with Gasteiger partial charge in [-0.05, 0) is 58.2 Å². The van der Waals surface area contributed by atoms with Crippen LogP contribution in [-0.4, -0.2) is 41.9 Å². The summed E-state index contributed by atoms with van der Waals surface area (Å²) in [5, 5.41) is 0. The van der Waals surface area contributed by atoms with E-state index < -0.39 is 0 Å². The molecule has 2 fully saturated rings. The normalized spacial score (nSPS) is 20.8.